The highest BCUT2D eigenvalue weighted by Crippen LogP contribution is 2.28. The summed E-state index contributed by atoms with van der Waals surface area (Å²) in [6, 6.07) is 12.1. The molecule has 0 aliphatic heterocycles. The first kappa shape index (κ1) is 26.8. The van der Waals surface area contributed by atoms with Crippen LogP contribution < -0.4 is 5.32 Å². The van der Waals surface area contributed by atoms with Crippen LogP contribution in [-0.2, 0) is 16.1 Å². The fourth-order valence-electron chi connectivity index (χ4n) is 3.14. The van der Waals surface area contributed by atoms with Crippen LogP contribution in [0.5, 0.6) is 0 Å². The minimum absolute atomic E-state index is 0.0258. The molecule has 2 amide bonds. The van der Waals surface area contributed by atoms with E-state index in [1.165, 1.54) is 0 Å². The summed E-state index contributed by atoms with van der Waals surface area (Å²) in [4.78, 5) is 28.9. The molecule has 0 saturated heterocycles. The summed E-state index contributed by atoms with van der Waals surface area (Å²) < 4.78 is 0. The lowest BCUT2D eigenvalue weighted by molar-refractivity contribution is -0.141. The predicted molar refractivity (Wildman–Crippen MR) is 136 cm³/mol. The molecule has 2 aromatic carbocycles. The first-order valence-electron chi connectivity index (χ1n) is 10.7. The number of benzene rings is 2. The quantitative estimate of drug-likeness (QED) is 0.333. The molecular formula is C24H29Cl3N2O2S. The largest absolute Gasteiger partial charge is 0.352 e. The number of carbonyl (C=O) groups excluding carboxylic acids is 2. The number of thioether (sulfide) groups is 1. The second kappa shape index (κ2) is 13.3. The molecule has 0 aliphatic carbocycles. The highest BCUT2D eigenvalue weighted by Gasteiger charge is 2.30. The van der Waals surface area contributed by atoms with E-state index in [2.05, 4.69) is 5.32 Å². The Morgan fingerprint density at radius 3 is 2.19 bits per heavy atom. The van der Waals surface area contributed by atoms with Gasteiger partial charge in [0.25, 0.3) is 0 Å². The van der Waals surface area contributed by atoms with Gasteiger partial charge >= 0.3 is 0 Å². The van der Waals surface area contributed by atoms with Crippen LogP contribution >= 0.6 is 46.6 Å². The second-order valence-corrected chi connectivity index (χ2v) is 9.94. The third-order valence-electron chi connectivity index (χ3n) is 5.18. The number of hydrogen-bond acceptors (Lipinski definition) is 3. The molecule has 4 nitrogen and oxygen atoms in total. The van der Waals surface area contributed by atoms with Crippen LogP contribution in [0, 0.1) is 0 Å². The summed E-state index contributed by atoms with van der Waals surface area (Å²) in [5, 5.41) is 4.62. The van der Waals surface area contributed by atoms with Gasteiger partial charge in [0.05, 0.1) is 0 Å². The normalized spacial score (nSPS) is 12.8. The van der Waals surface area contributed by atoms with Gasteiger partial charge in [-0.3, -0.25) is 9.59 Å². The van der Waals surface area contributed by atoms with E-state index in [0.717, 1.165) is 11.3 Å². The topological polar surface area (TPSA) is 49.4 Å². The van der Waals surface area contributed by atoms with Gasteiger partial charge in [0.2, 0.25) is 11.8 Å². The maximum Gasteiger partial charge on any atom is 0.243 e. The van der Waals surface area contributed by atoms with Gasteiger partial charge in [0.15, 0.2) is 0 Å². The van der Waals surface area contributed by atoms with Crippen LogP contribution in [0.2, 0.25) is 15.1 Å². The Morgan fingerprint density at radius 1 is 1.00 bits per heavy atom. The molecule has 2 atom stereocenters. The van der Waals surface area contributed by atoms with E-state index < -0.39 is 6.04 Å². The molecule has 0 bridgehead atoms. The number of carbonyl (C=O) groups is 2. The zero-order chi connectivity index (χ0) is 23.7. The molecule has 0 aromatic heterocycles. The summed E-state index contributed by atoms with van der Waals surface area (Å²) in [5.41, 5.74) is 0.643. The van der Waals surface area contributed by atoms with Crippen molar-refractivity contribution >= 4 is 58.4 Å². The van der Waals surface area contributed by atoms with Crippen molar-refractivity contribution in [3.63, 3.8) is 0 Å². The van der Waals surface area contributed by atoms with Gasteiger partial charge in [0.1, 0.15) is 6.04 Å². The van der Waals surface area contributed by atoms with Crippen molar-refractivity contribution in [1.82, 2.24) is 10.2 Å². The number of nitrogens with zero attached hydrogens (tertiary/aromatic N) is 1. The maximum atomic E-state index is 13.3. The Kier molecular flexibility index (Phi) is 11.2. The molecule has 0 radical (unpaired) electrons. The third-order valence-corrected chi connectivity index (χ3v) is 7.15. The van der Waals surface area contributed by atoms with Crippen molar-refractivity contribution in [1.29, 1.82) is 0 Å². The summed E-state index contributed by atoms with van der Waals surface area (Å²) in [5.74, 6) is 0.300. The molecule has 0 saturated carbocycles. The minimum atomic E-state index is -0.607. The molecule has 0 unspecified atom stereocenters. The molecule has 2 aromatic rings. The number of halogens is 3. The van der Waals surface area contributed by atoms with Gasteiger partial charge in [-0.1, -0.05) is 54.7 Å². The van der Waals surface area contributed by atoms with Crippen LogP contribution in [0.3, 0.4) is 0 Å². The number of amides is 2. The van der Waals surface area contributed by atoms with Gasteiger partial charge in [-0.15, -0.1) is 11.8 Å². The van der Waals surface area contributed by atoms with E-state index in [1.807, 2.05) is 45.0 Å². The van der Waals surface area contributed by atoms with E-state index in [0.29, 0.717) is 32.8 Å². The average Bonchev–Trinajstić information content (AvgIpc) is 2.76. The number of rotatable bonds is 11. The van der Waals surface area contributed by atoms with Gasteiger partial charge in [-0.05, 0) is 56.2 Å². The first-order valence-corrected chi connectivity index (χ1v) is 12.8. The molecule has 8 heteroatoms. The van der Waals surface area contributed by atoms with Crippen LogP contribution in [0.1, 0.15) is 45.6 Å². The Bertz CT molecular complexity index is 888. The highest BCUT2D eigenvalue weighted by molar-refractivity contribution is 7.99. The van der Waals surface area contributed by atoms with Crippen molar-refractivity contribution in [2.75, 3.05) is 5.75 Å². The van der Waals surface area contributed by atoms with Crippen molar-refractivity contribution in [2.24, 2.45) is 0 Å². The molecule has 2 rings (SSSR count). The Balaban J connectivity index is 2.20. The van der Waals surface area contributed by atoms with Crippen LogP contribution in [-0.4, -0.2) is 34.6 Å². The maximum absolute atomic E-state index is 13.3. The lowest BCUT2D eigenvalue weighted by Crippen LogP contribution is -2.50. The molecule has 0 fully saturated rings. The van der Waals surface area contributed by atoms with Crippen molar-refractivity contribution in [2.45, 2.75) is 63.6 Å². The van der Waals surface area contributed by atoms with E-state index in [9.17, 15) is 9.59 Å². The highest BCUT2D eigenvalue weighted by atomic mass is 35.5. The molecule has 32 heavy (non-hydrogen) atoms. The van der Waals surface area contributed by atoms with E-state index in [-0.39, 0.29) is 30.8 Å². The Labute approximate surface area is 210 Å². The molecule has 0 aliphatic rings. The fourth-order valence-corrected chi connectivity index (χ4v) is 4.63. The average molecular weight is 516 g/mol. The van der Waals surface area contributed by atoms with Crippen LogP contribution in [0.4, 0.5) is 0 Å². The van der Waals surface area contributed by atoms with Crippen LogP contribution in [0.15, 0.2) is 47.4 Å². The summed E-state index contributed by atoms with van der Waals surface area (Å²) in [6.45, 7) is 6.03. The summed E-state index contributed by atoms with van der Waals surface area (Å²) in [6.07, 6.45) is 1.58. The standard InChI is InChI=1S/C24H29Cl3N2O2S/c1-4-16(3)28-24(31)22(5-2)29(15-19-20(26)7-6-8-21(19)27)23(30)13-14-32-18-11-9-17(25)10-12-18/h6-12,16,22H,4-5,13-15H2,1-3H3,(H,28,31)/t16-,22-/m1/s1. The van der Waals surface area contributed by atoms with Gasteiger partial charge in [0, 0.05) is 50.3 Å². The number of hydrogen-bond donors (Lipinski definition) is 1. The Morgan fingerprint density at radius 2 is 1.62 bits per heavy atom. The fraction of sp³-hybridized carbons (Fsp3) is 0.417. The monoisotopic (exact) mass is 514 g/mol. The van der Waals surface area contributed by atoms with E-state index >= 15 is 0 Å². The van der Waals surface area contributed by atoms with E-state index in [4.69, 9.17) is 34.8 Å². The summed E-state index contributed by atoms with van der Waals surface area (Å²) in [7, 11) is 0. The number of nitrogens with one attached hydrogen (secondary N) is 1. The minimum Gasteiger partial charge on any atom is -0.352 e. The lowest BCUT2D eigenvalue weighted by atomic mass is 10.1. The first-order chi connectivity index (χ1) is 15.3. The van der Waals surface area contributed by atoms with Gasteiger partial charge < -0.3 is 10.2 Å². The molecule has 0 spiro atoms. The van der Waals surface area contributed by atoms with Crippen LogP contribution in [0.25, 0.3) is 0 Å². The molecule has 174 valence electrons. The van der Waals surface area contributed by atoms with Crippen molar-refractivity contribution in [3.8, 4) is 0 Å². The van der Waals surface area contributed by atoms with Crippen molar-refractivity contribution in [3.05, 3.63) is 63.1 Å². The molecular weight excluding hydrogens is 487 g/mol. The zero-order valence-electron chi connectivity index (χ0n) is 18.5. The predicted octanol–water partition coefficient (Wildman–Crippen LogP) is 6.85. The van der Waals surface area contributed by atoms with Crippen molar-refractivity contribution < 1.29 is 9.59 Å². The Hall–Kier alpha value is -1.40. The molecule has 0 heterocycles. The lowest BCUT2D eigenvalue weighted by Gasteiger charge is -2.32. The SMILES string of the molecule is CC[C@@H](C)NC(=O)[C@@H](CC)N(Cc1c(Cl)cccc1Cl)C(=O)CCSc1ccc(Cl)cc1. The van der Waals surface area contributed by atoms with E-state index in [1.54, 1.807) is 34.9 Å². The summed E-state index contributed by atoms with van der Waals surface area (Å²) >= 11 is 20.3. The molecule has 1 N–H and O–H groups in total. The second-order valence-electron chi connectivity index (χ2n) is 7.52. The van der Waals surface area contributed by atoms with Gasteiger partial charge in [-0.25, -0.2) is 0 Å². The smallest absolute Gasteiger partial charge is 0.243 e. The third kappa shape index (κ3) is 7.87. The zero-order valence-corrected chi connectivity index (χ0v) is 21.6. The van der Waals surface area contributed by atoms with Gasteiger partial charge in [-0.2, -0.15) is 0 Å².